The highest BCUT2D eigenvalue weighted by atomic mass is 31.2. The fourth-order valence-electron chi connectivity index (χ4n) is 4.00. The third-order valence-corrected chi connectivity index (χ3v) is 6.77. The maximum absolute atomic E-state index is 12.2. The number of hydrogen-bond acceptors (Lipinski definition) is 6. The zero-order valence-corrected chi connectivity index (χ0v) is 25.0. The minimum absolute atomic E-state index is 0.213. The number of phosphoric ester groups is 1. The van der Waals surface area contributed by atoms with Crippen LogP contribution in [0.15, 0.2) is 12.2 Å². The van der Waals surface area contributed by atoms with Crippen molar-refractivity contribution in [3.63, 3.8) is 0 Å². The molecule has 0 aliphatic rings. The highest BCUT2D eigenvalue weighted by Gasteiger charge is 2.22. The molecule has 0 rings (SSSR count). The monoisotopic (exact) mass is 562 g/mol. The molecule has 0 heterocycles. The molecule has 1 atom stereocenters. The molecule has 2 N–H and O–H groups in total. The number of rotatable bonds is 27. The van der Waals surface area contributed by atoms with Gasteiger partial charge >= 0.3 is 19.8 Å². The minimum Gasteiger partial charge on any atom is -0.462 e. The molecule has 0 unspecified atom stereocenters. The molecule has 0 fully saturated rings. The Morgan fingerprint density at radius 1 is 0.658 bits per heavy atom. The van der Waals surface area contributed by atoms with Crippen LogP contribution in [0.5, 0.6) is 0 Å². The lowest BCUT2D eigenvalue weighted by atomic mass is 10.1. The van der Waals surface area contributed by atoms with Crippen LogP contribution in [0.1, 0.15) is 142 Å². The number of unbranched alkanes of at least 4 members (excludes halogenated alkanes) is 15. The molecule has 38 heavy (non-hydrogen) atoms. The van der Waals surface area contributed by atoms with E-state index in [1.54, 1.807) is 0 Å². The summed E-state index contributed by atoms with van der Waals surface area (Å²) in [6.07, 6.45) is 23.8. The Labute approximate surface area is 231 Å². The summed E-state index contributed by atoms with van der Waals surface area (Å²) in [5, 5.41) is 0. The van der Waals surface area contributed by atoms with Gasteiger partial charge in [-0.3, -0.25) is 14.1 Å². The zero-order chi connectivity index (χ0) is 28.3. The first-order valence-corrected chi connectivity index (χ1v) is 16.5. The fourth-order valence-corrected chi connectivity index (χ4v) is 4.36. The van der Waals surface area contributed by atoms with Crippen LogP contribution in [-0.4, -0.2) is 41.0 Å². The van der Waals surface area contributed by atoms with Crippen LogP contribution in [0.25, 0.3) is 0 Å². The summed E-state index contributed by atoms with van der Waals surface area (Å²) in [5.74, 6) is -0.900. The van der Waals surface area contributed by atoms with E-state index >= 15 is 0 Å². The van der Waals surface area contributed by atoms with Gasteiger partial charge in [0.05, 0.1) is 6.61 Å². The van der Waals surface area contributed by atoms with E-state index in [1.165, 1.54) is 44.9 Å². The van der Waals surface area contributed by atoms with Gasteiger partial charge in [0.25, 0.3) is 0 Å². The van der Waals surface area contributed by atoms with Crippen LogP contribution in [0, 0.1) is 0 Å². The quantitative estimate of drug-likeness (QED) is 0.0448. The highest BCUT2D eigenvalue weighted by Crippen LogP contribution is 2.35. The molecule has 0 aromatic carbocycles. The SMILES string of the molecule is CCCC/C=C\CCCCCCCC(=O)OC[C@H](COP(=O)(O)O)OC(=O)CCCCCCCCCCC. The van der Waals surface area contributed by atoms with E-state index in [2.05, 4.69) is 30.5 Å². The molecule has 0 aliphatic carbocycles. The number of ether oxygens (including phenoxy) is 2. The summed E-state index contributed by atoms with van der Waals surface area (Å²) in [6.45, 7) is 3.57. The Hall–Kier alpha value is -1.21. The van der Waals surface area contributed by atoms with E-state index in [9.17, 15) is 14.2 Å². The Morgan fingerprint density at radius 2 is 1.13 bits per heavy atom. The average molecular weight is 563 g/mol. The molecule has 0 aromatic heterocycles. The molecule has 0 bridgehead atoms. The lowest BCUT2D eigenvalue weighted by Gasteiger charge is -2.18. The van der Waals surface area contributed by atoms with E-state index in [0.717, 1.165) is 57.8 Å². The lowest BCUT2D eigenvalue weighted by molar-refractivity contribution is -0.161. The van der Waals surface area contributed by atoms with Crippen molar-refractivity contribution in [1.82, 2.24) is 0 Å². The summed E-state index contributed by atoms with van der Waals surface area (Å²) in [7, 11) is -4.73. The number of esters is 2. The van der Waals surface area contributed by atoms with E-state index in [4.69, 9.17) is 19.3 Å². The average Bonchev–Trinajstić information content (AvgIpc) is 2.87. The van der Waals surface area contributed by atoms with Crippen molar-refractivity contribution in [3.05, 3.63) is 12.2 Å². The Kier molecular flexibility index (Phi) is 25.2. The summed E-state index contributed by atoms with van der Waals surface area (Å²) in [5.41, 5.74) is 0. The van der Waals surface area contributed by atoms with Crippen molar-refractivity contribution >= 4 is 19.8 Å². The van der Waals surface area contributed by atoms with E-state index in [0.29, 0.717) is 12.8 Å². The second kappa shape index (κ2) is 26.0. The summed E-state index contributed by atoms with van der Waals surface area (Å²) < 4.78 is 26.0. The van der Waals surface area contributed by atoms with Crippen LogP contribution in [0.3, 0.4) is 0 Å². The molecule has 8 nitrogen and oxygen atoms in total. The largest absolute Gasteiger partial charge is 0.469 e. The van der Waals surface area contributed by atoms with Crippen molar-refractivity contribution in [1.29, 1.82) is 0 Å². The van der Waals surface area contributed by atoms with Gasteiger partial charge in [0.15, 0.2) is 6.10 Å². The first-order chi connectivity index (χ1) is 18.3. The number of hydrogen-bond donors (Lipinski definition) is 2. The van der Waals surface area contributed by atoms with Crippen LogP contribution in [0.4, 0.5) is 0 Å². The molecule has 0 saturated carbocycles. The van der Waals surface area contributed by atoms with E-state index in [1.807, 2.05) is 0 Å². The Morgan fingerprint density at radius 3 is 1.68 bits per heavy atom. The molecule has 9 heteroatoms. The third kappa shape index (κ3) is 27.8. The van der Waals surface area contributed by atoms with Gasteiger partial charge in [0, 0.05) is 12.8 Å². The van der Waals surface area contributed by atoms with Gasteiger partial charge in [-0.15, -0.1) is 0 Å². The molecule has 0 saturated heterocycles. The van der Waals surface area contributed by atoms with Crippen LogP contribution in [-0.2, 0) is 28.2 Å². The molecule has 0 aliphatic heterocycles. The number of carbonyl (C=O) groups excluding carboxylic acids is 2. The van der Waals surface area contributed by atoms with Gasteiger partial charge in [-0.25, -0.2) is 4.57 Å². The summed E-state index contributed by atoms with van der Waals surface area (Å²) >= 11 is 0. The van der Waals surface area contributed by atoms with Crippen LogP contribution in [0.2, 0.25) is 0 Å². The van der Waals surface area contributed by atoms with Crippen molar-refractivity contribution in [2.75, 3.05) is 13.2 Å². The molecular formula is C29H55O8P. The van der Waals surface area contributed by atoms with Gasteiger partial charge in [0.1, 0.15) is 6.61 Å². The first-order valence-electron chi connectivity index (χ1n) is 15.0. The second-order valence-electron chi connectivity index (χ2n) is 10.1. The smallest absolute Gasteiger partial charge is 0.462 e. The van der Waals surface area contributed by atoms with E-state index < -0.39 is 32.5 Å². The first kappa shape index (κ1) is 36.8. The van der Waals surface area contributed by atoms with Gasteiger partial charge in [-0.1, -0.05) is 109 Å². The molecule has 224 valence electrons. The van der Waals surface area contributed by atoms with Crippen LogP contribution < -0.4 is 0 Å². The molecule has 0 aromatic rings. The maximum atomic E-state index is 12.2. The van der Waals surface area contributed by atoms with Crippen molar-refractivity contribution in [2.45, 2.75) is 148 Å². The van der Waals surface area contributed by atoms with Gasteiger partial charge in [-0.05, 0) is 32.1 Å². The fraction of sp³-hybridized carbons (Fsp3) is 0.862. The topological polar surface area (TPSA) is 119 Å². The van der Waals surface area contributed by atoms with Gasteiger partial charge in [-0.2, -0.15) is 0 Å². The zero-order valence-electron chi connectivity index (χ0n) is 24.1. The molecule has 0 radical (unpaired) electrons. The van der Waals surface area contributed by atoms with Gasteiger partial charge in [0.2, 0.25) is 0 Å². The van der Waals surface area contributed by atoms with Gasteiger partial charge < -0.3 is 19.3 Å². The van der Waals surface area contributed by atoms with Crippen LogP contribution >= 0.6 is 7.82 Å². The standard InChI is InChI=1S/C29H55O8P/c1-3-5-7-9-11-13-14-16-17-19-21-23-28(30)35-25-27(26-36-38(32,33)34)37-29(31)24-22-20-18-15-12-10-8-6-4-2/h9,11,27H,3-8,10,12-26H2,1-2H3,(H2,32,33,34)/b11-9-/t27-/m1/s1. The Balaban J connectivity index is 4.08. The second-order valence-corrected chi connectivity index (χ2v) is 11.3. The minimum atomic E-state index is -4.73. The van der Waals surface area contributed by atoms with E-state index in [-0.39, 0.29) is 19.4 Å². The Bertz CT molecular complexity index is 646. The predicted octanol–water partition coefficient (Wildman–Crippen LogP) is 7.95. The normalized spacial score (nSPS) is 12.6. The molecule has 0 amide bonds. The molecule has 0 spiro atoms. The third-order valence-electron chi connectivity index (χ3n) is 6.28. The lowest BCUT2D eigenvalue weighted by Crippen LogP contribution is -2.29. The van der Waals surface area contributed by atoms with Crippen molar-refractivity contribution in [2.24, 2.45) is 0 Å². The predicted molar refractivity (Wildman–Crippen MR) is 152 cm³/mol. The number of allylic oxidation sites excluding steroid dienone is 2. The highest BCUT2D eigenvalue weighted by molar-refractivity contribution is 7.46. The number of phosphoric acid groups is 1. The molecular weight excluding hydrogens is 507 g/mol. The maximum Gasteiger partial charge on any atom is 0.469 e. The summed E-state index contributed by atoms with van der Waals surface area (Å²) in [6, 6.07) is 0. The number of carbonyl (C=O) groups is 2. The van der Waals surface area contributed by atoms with Crippen molar-refractivity contribution < 1.29 is 37.9 Å². The van der Waals surface area contributed by atoms with Crippen molar-refractivity contribution in [3.8, 4) is 0 Å². The summed E-state index contributed by atoms with van der Waals surface area (Å²) in [4.78, 5) is 42.2.